The fourth-order valence-corrected chi connectivity index (χ4v) is 7.88. The maximum Gasteiger partial charge on any atom is 0.410 e. The van der Waals surface area contributed by atoms with Gasteiger partial charge in [0, 0.05) is 39.0 Å². The molecule has 1 aromatic rings. The first-order valence-corrected chi connectivity index (χ1v) is 20.6. The Hall–Kier alpha value is -5.46. The first-order valence-electron chi connectivity index (χ1n) is 19.1. The summed E-state index contributed by atoms with van der Waals surface area (Å²) in [5, 5.41) is 6.84. The van der Waals surface area contributed by atoms with Crippen LogP contribution < -0.4 is 20.7 Å². The minimum absolute atomic E-state index is 0.0391. The number of rotatable bonds is 16. The summed E-state index contributed by atoms with van der Waals surface area (Å²) in [6.45, 7) is 14.6. The molecule has 0 spiro atoms. The summed E-state index contributed by atoms with van der Waals surface area (Å²) < 4.78 is 43.8. The summed E-state index contributed by atoms with van der Waals surface area (Å²) in [5.74, 6) is -4.05. The predicted octanol–water partition coefficient (Wildman–Crippen LogP) is 2.87. The maximum absolute atomic E-state index is 14.5. The van der Waals surface area contributed by atoms with Crippen molar-refractivity contribution < 1.29 is 55.9 Å². The van der Waals surface area contributed by atoms with E-state index in [9.17, 15) is 42.0 Å². The molecule has 4 N–H and O–H groups in total. The third kappa shape index (κ3) is 11.6. The van der Waals surface area contributed by atoms with E-state index in [-0.39, 0.29) is 37.3 Å². The summed E-state index contributed by atoms with van der Waals surface area (Å²) in [5.41, 5.74) is -0.866. The van der Waals surface area contributed by atoms with Crippen molar-refractivity contribution in [1.82, 2.24) is 30.5 Å². The Bertz CT molecular complexity index is 1980. The molecule has 18 nitrogen and oxygen atoms in total. The molecular weight excluding hydrogens is 777 g/mol. The topological polar surface area (TPSA) is 240 Å². The minimum atomic E-state index is -4.01. The lowest BCUT2D eigenvalue weighted by Crippen LogP contribution is -2.62. The van der Waals surface area contributed by atoms with Crippen LogP contribution in [0.1, 0.15) is 101 Å². The number of Topliss-reactive ketones (excluding diaryl/α,β-unsaturated/α-hetero) is 1. The van der Waals surface area contributed by atoms with E-state index in [1.807, 2.05) is 30.7 Å². The fraction of sp³-hybridized carbons (Fsp3) is 0.564. The van der Waals surface area contributed by atoms with E-state index in [0.717, 1.165) is 22.3 Å². The van der Waals surface area contributed by atoms with Crippen molar-refractivity contribution in [3.63, 3.8) is 0 Å². The fourth-order valence-electron chi connectivity index (χ4n) is 6.47. The van der Waals surface area contributed by atoms with Crippen LogP contribution in [0.15, 0.2) is 52.7 Å². The third-order valence-corrected chi connectivity index (χ3v) is 11.5. The summed E-state index contributed by atoms with van der Waals surface area (Å²) in [6.07, 6.45) is 4.43. The smallest absolute Gasteiger partial charge is 0.410 e. The maximum atomic E-state index is 14.5. The molecular formula is C39H54N6O12S. The number of carbonyl (C=O) groups excluding carboxylic acids is 7. The number of ketones is 1. The molecule has 0 aromatic carbocycles. The number of nitrogens with zero attached hydrogens (tertiary/aromatic N) is 2. The largest absolute Gasteiger partial charge is 0.460 e. The number of carbonyl (C=O) groups is 7. The molecule has 3 aliphatic rings. The predicted molar refractivity (Wildman–Crippen MR) is 210 cm³/mol. The number of furan rings is 1. The lowest BCUT2D eigenvalue weighted by atomic mass is 9.96. The summed E-state index contributed by atoms with van der Waals surface area (Å²) in [4.78, 5) is 96.1. The van der Waals surface area contributed by atoms with E-state index in [4.69, 9.17) is 13.9 Å². The second-order valence-electron chi connectivity index (χ2n) is 15.7. The zero-order valence-corrected chi connectivity index (χ0v) is 34.8. The zero-order chi connectivity index (χ0) is 43.2. The zero-order valence-electron chi connectivity index (χ0n) is 34.0. The number of sulfonamides is 1. The van der Waals surface area contributed by atoms with Crippen LogP contribution >= 0.6 is 0 Å². The van der Waals surface area contributed by atoms with Crippen molar-refractivity contribution in [1.29, 1.82) is 0 Å². The van der Waals surface area contributed by atoms with Crippen molar-refractivity contribution in [2.45, 2.75) is 115 Å². The third-order valence-electron chi connectivity index (χ3n) is 9.68. The Kier molecular flexibility index (Phi) is 14.4. The molecule has 0 radical (unpaired) electrons. The second-order valence-corrected chi connectivity index (χ2v) is 17.7. The molecule has 19 heteroatoms. The standard InChI is InChI=1S/C39H54N6O12S/c1-9-12-25-20-44(19-24(25)11-3)37(52)56-27-17-30(33(48)42-39(8,15-10-2)35(50)43-58(53,54)28-13-14-28)45(21-27)34(49)29(41-36(51)57-38(5,6)7)18-40-32(47)26-16-31(23(4)46)55-22-26/h9-10,12,16,22,27-30H,2,11,13-15,17-21H2,1,3-8H3,(H,40,47)(H,41,51)(H,42,48)(H,43,50). The number of ether oxygens (including phenoxy) is 2. The number of hydrogen-bond acceptors (Lipinski definition) is 12. The van der Waals surface area contributed by atoms with Crippen LogP contribution in [-0.4, -0.2) is 121 Å². The molecule has 4 atom stereocenters. The van der Waals surface area contributed by atoms with Crippen LogP contribution in [0, 0.1) is 0 Å². The molecule has 4 rings (SSSR count). The van der Waals surface area contributed by atoms with Crippen molar-refractivity contribution in [3.8, 4) is 0 Å². The van der Waals surface area contributed by atoms with Crippen LogP contribution in [0.3, 0.4) is 0 Å². The number of alkyl carbamates (subject to hydrolysis) is 1. The molecule has 1 aromatic heterocycles. The van der Waals surface area contributed by atoms with Gasteiger partial charge in [-0.05, 0) is 71.4 Å². The van der Waals surface area contributed by atoms with Gasteiger partial charge < -0.3 is 34.7 Å². The first-order chi connectivity index (χ1) is 27.1. The summed E-state index contributed by atoms with van der Waals surface area (Å²) in [7, 11) is -4.01. The molecule has 1 saturated heterocycles. The highest BCUT2D eigenvalue weighted by molar-refractivity contribution is 7.91. The van der Waals surface area contributed by atoms with Crippen LogP contribution in [-0.2, 0) is 33.9 Å². The van der Waals surface area contributed by atoms with Gasteiger partial charge in [-0.3, -0.25) is 33.6 Å². The molecule has 1 aliphatic carbocycles. The van der Waals surface area contributed by atoms with E-state index in [1.165, 1.54) is 30.9 Å². The van der Waals surface area contributed by atoms with E-state index in [2.05, 4.69) is 22.5 Å². The van der Waals surface area contributed by atoms with Crippen molar-refractivity contribution in [3.05, 3.63) is 59.6 Å². The molecule has 0 bridgehead atoms. The Labute approximate surface area is 338 Å². The lowest BCUT2D eigenvalue weighted by Gasteiger charge is -2.33. The van der Waals surface area contributed by atoms with Gasteiger partial charge >= 0.3 is 12.2 Å². The van der Waals surface area contributed by atoms with Crippen molar-refractivity contribution in [2.75, 3.05) is 26.2 Å². The Morgan fingerprint density at radius 3 is 2.34 bits per heavy atom. The van der Waals surface area contributed by atoms with E-state index < -0.39 is 92.7 Å². The minimum Gasteiger partial charge on any atom is -0.460 e. The molecule has 4 unspecified atom stereocenters. The average Bonchev–Trinajstić information content (AvgIpc) is 3.53. The highest BCUT2D eigenvalue weighted by atomic mass is 32.2. The van der Waals surface area contributed by atoms with Gasteiger partial charge in [-0.25, -0.2) is 18.0 Å². The van der Waals surface area contributed by atoms with Crippen molar-refractivity contribution in [2.24, 2.45) is 0 Å². The van der Waals surface area contributed by atoms with Gasteiger partial charge in [0.2, 0.25) is 21.8 Å². The molecule has 318 valence electrons. The molecule has 2 fully saturated rings. The Morgan fingerprint density at radius 2 is 1.78 bits per heavy atom. The highest BCUT2D eigenvalue weighted by Crippen LogP contribution is 2.29. The number of likely N-dealkylation sites (tertiary alicyclic amines) is 1. The molecule has 6 amide bonds. The van der Waals surface area contributed by atoms with Gasteiger partial charge in [0.25, 0.3) is 11.8 Å². The van der Waals surface area contributed by atoms with Gasteiger partial charge in [-0.1, -0.05) is 25.2 Å². The monoisotopic (exact) mass is 830 g/mol. The number of allylic oxidation sites excluding steroid dienone is 1. The number of amides is 6. The summed E-state index contributed by atoms with van der Waals surface area (Å²) >= 11 is 0. The number of hydrogen-bond donors (Lipinski definition) is 4. The molecule has 1 saturated carbocycles. The Balaban J connectivity index is 1.63. The Morgan fingerprint density at radius 1 is 1.09 bits per heavy atom. The van der Waals surface area contributed by atoms with Crippen LogP contribution in [0.4, 0.5) is 9.59 Å². The quantitative estimate of drug-likeness (QED) is 0.139. The van der Waals surface area contributed by atoms with Gasteiger partial charge in [0.05, 0.1) is 17.4 Å². The van der Waals surface area contributed by atoms with E-state index in [1.54, 1.807) is 20.8 Å². The van der Waals surface area contributed by atoms with Crippen molar-refractivity contribution >= 4 is 51.6 Å². The normalized spacial score (nSPS) is 19.9. The van der Waals surface area contributed by atoms with Gasteiger partial charge in [-0.15, -0.1) is 6.58 Å². The SMILES string of the molecule is C=CCC(C)(NC(=O)C1CC(OC(=O)N2CC(C=CC)=C(CC)C2)CN1C(=O)C(CNC(=O)c1coc(C(C)=O)c1)NC(=O)OC(C)(C)C)C(=O)NS(=O)(=O)C1CC1. The molecule has 3 heterocycles. The van der Waals surface area contributed by atoms with Gasteiger partial charge in [-0.2, -0.15) is 0 Å². The second kappa shape index (κ2) is 18.4. The van der Waals surface area contributed by atoms with Crippen LogP contribution in [0.5, 0.6) is 0 Å². The van der Waals surface area contributed by atoms with E-state index >= 15 is 0 Å². The van der Waals surface area contributed by atoms with Crippen LogP contribution in [0.25, 0.3) is 0 Å². The van der Waals surface area contributed by atoms with E-state index in [0.29, 0.717) is 25.8 Å². The summed E-state index contributed by atoms with van der Waals surface area (Å²) in [6, 6.07) is -1.77. The van der Waals surface area contributed by atoms with Gasteiger partial charge in [0.1, 0.15) is 35.6 Å². The number of nitrogens with one attached hydrogen (secondary N) is 4. The van der Waals surface area contributed by atoms with Crippen LogP contribution in [0.2, 0.25) is 0 Å². The molecule has 2 aliphatic heterocycles. The average molecular weight is 831 g/mol. The first kappa shape index (κ1) is 45.2. The lowest BCUT2D eigenvalue weighted by molar-refractivity contribution is -0.141. The van der Waals surface area contributed by atoms with Gasteiger partial charge in [0.15, 0.2) is 11.5 Å². The molecule has 58 heavy (non-hydrogen) atoms. The highest BCUT2D eigenvalue weighted by Gasteiger charge is 2.48.